The van der Waals surface area contributed by atoms with Crippen molar-refractivity contribution < 1.29 is 14.3 Å². The Morgan fingerprint density at radius 3 is 2.45 bits per heavy atom. The lowest BCUT2D eigenvalue weighted by Crippen LogP contribution is -2.18. The number of carbonyl (C=O) groups excluding carboxylic acids is 1. The second kappa shape index (κ2) is 10.1. The molecule has 4 aromatic rings. The SMILES string of the molecule is COc1cc2ccccc2cc1C(=O)NN=Cc1ccccc1OCc1ccccc1C#N. The van der Waals surface area contributed by atoms with E-state index in [0.717, 1.165) is 16.3 Å². The molecule has 0 saturated carbocycles. The fraction of sp³-hybridized carbons (Fsp3) is 0.0741. The van der Waals surface area contributed by atoms with Crippen molar-refractivity contribution in [3.05, 3.63) is 107 Å². The predicted molar refractivity (Wildman–Crippen MR) is 127 cm³/mol. The first-order chi connectivity index (χ1) is 16.2. The van der Waals surface area contributed by atoms with Crippen molar-refractivity contribution in [3.8, 4) is 17.6 Å². The van der Waals surface area contributed by atoms with Gasteiger partial charge in [-0.15, -0.1) is 0 Å². The number of nitrogens with one attached hydrogen (secondary N) is 1. The van der Waals surface area contributed by atoms with Crippen LogP contribution in [0.5, 0.6) is 11.5 Å². The van der Waals surface area contributed by atoms with Crippen molar-refractivity contribution in [2.24, 2.45) is 5.10 Å². The third kappa shape index (κ3) is 5.00. The second-order valence-corrected chi connectivity index (χ2v) is 7.19. The summed E-state index contributed by atoms with van der Waals surface area (Å²) < 4.78 is 11.3. The Bertz CT molecular complexity index is 1370. The summed E-state index contributed by atoms with van der Waals surface area (Å²) in [5.41, 5.74) is 5.01. The molecule has 0 spiro atoms. The molecular weight excluding hydrogens is 414 g/mol. The first kappa shape index (κ1) is 21.6. The number of carbonyl (C=O) groups is 1. The minimum absolute atomic E-state index is 0.245. The molecule has 0 unspecified atom stereocenters. The maximum absolute atomic E-state index is 12.8. The number of hydrogen-bond acceptors (Lipinski definition) is 5. The van der Waals surface area contributed by atoms with Crippen molar-refractivity contribution in [2.45, 2.75) is 6.61 Å². The lowest BCUT2D eigenvalue weighted by Gasteiger charge is -2.10. The predicted octanol–water partition coefficient (Wildman–Crippen LogP) is 5.06. The second-order valence-electron chi connectivity index (χ2n) is 7.19. The topological polar surface area (TPSA) is 83.7 Å². The molecule has 0 radical (unpaired) electrons. The van der Waals surface area contributed by atoms with E-state index in [9.17, 15) is 10.1 Å². The summed E-state index contributed by atoms with van der Waals surface area (Å²) in [5.74, 6) is 0.683. The third-order valence-corrected chi connectivity index (χ3v) is 5.12. The molecule has 0 atom stereocenters. The Balaban J connectivity index is 1.48. The summed E-state index contributed by atoms with van der Waals surface area (Å²) in [5, 5.41) is 15.3. The van der Waals surface area contributed by atoms with E-state index in [-0.39, 0.29) is 12.5 Å². The number of ether oxygens (including phenoxy) is 2. The Labute approximate surface area is 191 Å². The molecule has 0 aromatic heterocycles. The smallest absolute Gasteiger partial charge is 0.275 e. The van der Waals surface area contributed by atoms with Gasteiger partial charge < -0.3 is 9.47 Å². The van der Waals surface area contributed by atoms with E-state index in [4.69, 9.17) is 9.47 Å². The van der Waals surface area contributed by atoms with Crippen LogP contribution in [-0.2, 0) is 6.61 Å². The van der Waals surface area contributed by atoms with Gasteiger partial charge in [-0.05, 0) is 41.1 Å². The highest BCUT2D eigenvalue weighted by molar-refractivity contribution is 6.02. The molecule has 4 aromatic carbocycles. The molecule has 0 fully saturated rings. The zero-order chi connectivity index (χ0) is 23.0. The molecule has 0 bridgehead atoms. The van der Waals surface area contributed by atoms with Gasteiger partial charge in [-0.25, -0.2) is 5.43 Å². The van der Waals surface area contributed by atoms with Gasteiger partial charge in [0.1, 0.15) is 18.1 Å². The Hall–Kier alpha value is -4.63. The molecule has 4 rings (SSSR count). The molecule has 0 saturated heterocycles. The van der Waals surface area contributed by atoms with Gasteiger partial charge in [0, 0.05) is 11.1 Å². The van der Waals surface area contributed by atoms with Crippen molar-refractivity contribution in [3.63, 3.8) is 0 Å². The quantitative estimate of drug-likeness (QED) is 0.325. The Kier molecular flexibility index (Phi) is 6.62. The molecule has 6 nitrogen and oxygen atoms in total. The summed E-state index contributed by atoms with van der Waals surface area (Å²) >= 11 is 0. The maximum Gasteiger partial charge on any atom is 0.275 e. The minimum Gasteiger partial charge on any atom is -0.496 e. The number of nitrogens with zero attached hydrogens (tertiary/aromatic N) is 2. The van der Waals surface area contributed by atoms with Crippen LogP contribution in [0.15, 0.2) is 90.0 Å². The van der Waals surface area contributed by atoms with Crippen molar-refractivity contribution >= 4 is 22.9 Å². The first-order valence-corrected chi connectivity index (χ1v) is 10.3. The van der Waals surface area contributed by atoms with Crippen LogP contribution in [-0.4, -0.2) is 19.2 Å². The summed E-state index contributed by atoms with van der Waals surface area (Å²) in [7, 11) is 1.53. The Morgan fingerprint density at radius 2 is 1.67 bits per heavy atom. The molecule has 33 heavy (non-hydrogen) atoms. The van der Waals surface area contributed by atoms with Gasteiger partial charge in [0.15, 0.2) is 0 Å². The zero-order valence-electron chi connectivity index (χ0n) is 18.0. The number of rotatable bonds is 7. The monoisotopic (exact) mass is 435 g/mol. The number of para-hydroxylation sites is 1. The van der Waals surface area contributed by atoms with Crippen LogP contribution in [0.2, 0.25) is 0 Å². The largest absolute Gasteiger partial charge is 0.496 e. The molecule has 0 aliphatic carbocycles. The van der Waals surface area contributed by atoms with Gasteiger partial charge in [-0.1, -0.05) is 54.6 Å². The van der Waals surface area contributed by atoms with Crippen molar-refractivity contribution in [1.82, 2.24) is 5.43 Å². The van der Waals surface area contributed by atoms with Crippen LogP contribution in [0.4, 0.5) is 0 Å². The van der Waals surface area contributed by atoms with Crippen LogP contribution < -0.4 is 14.9 Å². The molecule has 162 valence electrons. The molecular formula is C27H21N3O3. The van der Waals surface area contributed by atoms with Gasteiger partial charge in [-0.3, -0.25) is 4.79 Å². The lowest BCUT2D eigenvalue weighted by atomic mass is 10.1. The van der Waals surface area contributed by atoms with Crippen LogP contribution in [0.3, 0.4) is 0 Å². The van der Waals surface area contributed by atoms with Gasteiger partial charge in [0.25, 0.3) is 5.91 Å². The average molecular weight is 435 g/mol. The summed E-state index contributed by atoms with van der Waals surface area (Å²) in [6.07, 6.45) is 1.52. The fourth-order valence-electron chi connectivity index (χ4n) is 3.42. The van der Waals surface area contributed by atoms with E-state index in [1.807, 2.05) is 72.8 Å². The zero-order valence-corrected chi connectivity index (χ0v) is 18.0. The number of hydrazone groups is 1. The molecule has 0 aliphatic heterocycles. The van der Waals surface area contributed by atoms with Crippen molar-refractivity contribution in [1.29, 1.82) is 5.26 Å². The molecule has 0 heterocycles. The number of fused-ring (bicyclic) bond motifs is 1. The third-order valence-electron chi connectivity index (χ3n) is 5.12. The standard InChI is InChI=1S/C27H21N3O3/c1-32-26-15-20-9-3-2-8-19(20)14-24(26)27(31)30-29-17-22-11-6-7-13-25(22)33-18-23-12-5-4-10-21(23)16-28/h2-15,17H,18H2,1H3,(H,30,31). The average Bonchev–Trinajstić information content (AvgIpc) is 2.87. The van der Waals surface area contributed by atoms with E-state index in [0.29, 0.717) is 28.2 Å². The maximum atomic E-state index is 12.8. The van der Waals surface area contributed by atoms with Crippen LogP contribution in [0.25, 0.3) is 10.8 Å². The summed E-state index contributed by atoms with van der Waals surface area (Å²) in [6.45, 7) is 0.245. The number of methoxy groups -OCH3 is 1. The van der Waals surface area contributed by atoms with Gasteiger partial charge in [0.05, 0.1) is 30.5 Å². The van der Waals surface area contributed by atoms with Gasteiger partial charge in [-0.2, -0.15) is 10.4 Å². The minimum atomic E-state index is -0.379. The highest BCUT2D eigenvalue weighted by atomic mass is 16.5. The molecule has 0 aliphatic rings. The van der Waals surface area contributed by atoms with Gasteiger partial charge in [0.2, 0.25) is 0 Å². The lowest BCUT2D eigenvalue weighted by molar-refractivity contribution is 0.0952. The van der Waals surface area contributed by atoms with Crippen molar-refractivity contribution in [2.75, 3.05) is 7.11 Å². The highest BCUT2D eigenvalue weighted by Crippen LogP contribution is 2.26. The first-order valence-electron chi connectivity index (χ1n) is 10.3. The number of nitriles is 1. The van der Waals surface area contributed by atoms with E-state index in [1.165, 1.54) is 13.3 Å². The van der Waals surface area contributed by atoms with Crippen LogP contribution >= 0.6 is 0 Å². The summed E-state index contributed by atoms with van der Waals surface area (Å²) in [4.78, 5) is 12.8. The molecule has 1 amide bonds. The van der Waals surface area contributed by atoms with Gasteiger partial charge >= 0.3 is 0 Å². The summed E-state index contributed by atoms with van der Waals surface area (Å²) in [6, 6.07) is 28.2. The number of amides is 1. The molecule has 1 N–H and O–H groups in total. The molecule has 6 heteroatoms. The van der Waals surface area contributed by atoms with E-state index >= 15 is 0 Å². The van der Waals surface area contributed by atoms with E-state index in [1.54, 1.807) is 12.1 Å². The van der Waals surface area contributed by atoms with Crippen LogP contribution in [0, 0.1) is 11.3 Å². The van der Waals surface area contributed by atoms with E-state index < -0.39 is 0 Å². The van der Waals surface area contributed by atoms with E-state index in [2.05, 4.69) is 16.6 Å². The number of benzene rings is 4. The Morgan fingerprint density at radius 1 is 0.970 bits per heavy atom. The normalized spacial score (nSPS) is 10.7. The fourth-order valence-corrected chi connectivity index (χ4v) is 3.42. The highest BCUT2D eigenvalue weighted by Gasteiger charge is 2.13. The number of hydrogen-bond donors (Lipinski definition) is 1. The van der Waals surface area contributed by atoms with Crippen LogP contribution in [0.1, 0.15) is 27.0 Å².